The van der Waals surface area contributed by atoms with Crippen molar-refractivity contribution in [2.75, 3.05) is 0 Å². The van der Waals surface area contributed by atoms with Gasteiger partial charge in [0.05, 0.1) is 0 Å². The van der Waals surface area contributed by atoms with Crippen LogP contribution in [0.2, 0.25) is 0 Å². The summed E-state index contributed by atoms with van der Waals surface area (Å²) in [5, 5.41) is 6.89. The molecule has 1 saturated carbocycles. The zero-order valence-corrected chi connectivity index (χ0v) is 7.25. The fourth-order valence-corrected chi connectivity index (χ4v) is 1.40. The first-order valence-electron chi connectivity index (χ1n) is 3.94. The first-order chi connectivity index (χ1) is 5.56. The van der Waals surface area contributed by atoms with Crippen molar-refractivity contribution in [3.63, 3.8) is 0 Å². The van der Waals surface area contributed by atoms with Crippen molar-refractivity contribution in [1.82, 2.24) is 0 Å². The monoisotopic (exact) mass is 173 g/mol. The van der Waals surface area contributed by atoms with Crippen molar-refractivity contribution < 1.29 is 14.7 Å². The Labute approximate surface area is 71.8 Å². The third-order valence-electron chi connectivity index (χ3n) is 2.30. The van der Waals surface area contributed by atoms with E-state index in [-0.39, 0.29) is 17.8 Å². The summed E-state index contributed by atoms with van der Waals surface area (Å²) >= 11 is 0. The second-order valence-corrected chi connectivity index (χ2v) is 3.24. The van der Waals surface area contributed by atoms with Gasteiger partial charge in [0.2, 0.25) is 5.91 Å². The largest absolute Gasteiger partial charge is 0.483 e. The predicted octanol–water partition coefficient (Wildman–Crippen LogP) is 0.753. The van der Waals surface area contributed by atoms with Gasteiger partial charge in [-0.25, -0.2) is 0 Å². The lowest BCUT2D eigenvalue weighted by Gasteiger charge is -2.17. The topological polar surface area (TPSA) is 80.4 Å². The Balaban J connectivity index is 0.000000354. The summed E-state index contributed by atoms with van der Waals surface area (Å²) in [7, 11) is 0. The molecule has 3 N–H and O–H groups in total. The molecular formula is C8H15NO3. The number of carboxylic acid groups (broad SMARTS) is 1. The average molecular weight is 173 g/mol. The summed E-state index contributed by atoms with van der Waals surface area (Å²) in [6, 6.07) is 0. The number of hydrogen-bond donors (Lipinski definition) is 2. The van der Waals surface area contributed by atoms with Crippen molar-refractivity contribution in [2.45, 2.75) is 32.6 Å². The van der Waals surface area contributed by atoms with Gasteiger partial charge >= 0.3 is 0 Å². The van der Waals surface area contributed by atoms with Gasteiger partial charge in [-0.1, -0.05) is 19.8 Å². The zero-order valence-electron chi connectivity index (χ0n) is 7.25. The van der Waals surface area contributed by atoms with E-state index in [0.29, 0.717) is 0 Å². The molecule has 12 heavy (non-hydrogen) atoms. The van der Waals surface area contributed by atoms with Gasteiger partial charge in [0.1, 0.15) is 0 Å². The molecule has 0 aromatic rings. The molecule has 0 atom stereocenters. The van der Waals surface area contributed by atoms with Crippen LogP contribution in [0.4, 0.5) is 0 Å². The molecule has 1 rings (SSSR count). The number of rotatable bonds is 1. The van der Waals surface area contributed by atoms with Gasteiger partial charge in [-0.15, -0.1) is 0 Å². The van der Waals surface area contributed by atoms with Crippen LogP contribution in [0.5, 0.6) is 0 Å². The molecule has 0 aliphatic heterocycles. The van der Waals surface area contributed by atoms with Gasteiger partial charge in [0.25, 0.3) is 6.47 Å². The lowest BCUT2D eigenvalue weighted by atomic mass is 9.88. The van der Waals surface area contributed by atoms with E-state index in [9.17, 15) is 4.79 Å². The molecule has 0 saturated heterocycles. The molecule has 0 aromatic heterocycles. The van der Waals surface area contributed by atoms with Gasteiger partial charge in [-0.3, -0.25) is 9.59 Å². The highest BCUT2D eigenvalue weighted by molar-refractivity contribution is 5.80. The maximum absolute atomic E-state index is 10.7. The molecule has 4 nitrogen and oxygen atoms in total. The molecule has 1 amide bonds. The van der Waals surface area contributed by atoms with Crippen LogP contribution in [0.25, 0.3) is 0 Å². The Morgan fingerprint density at radius 3 is 2.00 bits per heavy atom. The molecule has 0 heterocycles. The predicted molar refractivity (Wildman–Crippen MR) is 44.5 cm³/mol. The molecule has 0 spiro atoms. The maximum atomic E-state index is 10.7. The first kappa shape index (κ1) is 10.9. The third-order valence-corrected chi connectivity index (χ3v) is 2.30. The van der Waals surface area contributed by atoms with Gasteiger partial charge in [-0.05, 0) is 12.8 Å². The van der Waals surface area contributed by atoms with Crippen LogP contribution in [-0.2, 0) is 9.59 Å². The lowest BCUT2D eigenvalue weighted by molar-refractivity contribution is -0.126. The standard InChI is InChI=1S/C7H13NO.CH2O2/c1-7(6(8)9)4-2-3-5-7;2-1-3/h2-5H2,1H3,(H2,8,9);1H,(H,2,3). The second kappa shape index (κ2) is 4.74. The summed E-state index contributed by atoms with van der Waals surface area (Å²) in [5.41, 5.74) is 5.03. The minimum absolute atomic E-state index is 0.125. The smallest absolute Gasteiger partial charge is 0.290 e. The van der Waals surface area contributed by atoms with E-state index >= 15 is 0 Å². The minimum Gasteiger partial charge on any atom is -0.483 e. The molecule has 1 aliphatic rings. The van der Waals surface area contributed by atoms with Crippen LogP contribution in [-0.4, -0.2) is 17.5 Å². The number of hydrogen-bond acceptors (Lipinski definition) is 2. The van der Waals surface area contributed by atoms with Crippen LogP contribution in [0.3, 0.4) is 0 Å². The molecule has 1 fully saturated rings. The summed E-state index contributed by atoms with van der Waals surface area (Å²) in [5.74, 6) is -0.125. The molecular weight excluding hydrogens is 158 g/mol. The molecule has 1 aliphatic carbocycles. The van der Waals surface area contributed by atoms with E-state index in [1.165, 1.54) is 12.8 Å². The van der Waals surface area contributed by atoms with Gasteiger partial charge in [0, 0.05) is 5.41 Å². The number of carbonyl (C=O) groups excluding carboxylic acids is 1. The molecule has 0 unspecified atom stereocenters. The highest BCUT2D eigenvalue weighted by Gasteiger charge is 2.33. The summed E-state index contributed by atoms with van der Waals surface area (Å²) in [6.07, 6.45) is 4.31. The number of amides is 1. The minimum atomic E-state index is -0.250. The quantitative estimate of drug-likeness (QED) is 0.574. The third kappa shape index (κ3) is 2.90. The Morgan fingerprint density at radius 1 is 1.50 bits per heavy atom. The normalized spacial score (nSPS) is 19.1. The van der Waals surface area contributed by atoms with Crippen molar-refractivity contribution in [1.29, 1.82) is 0 Å². The van der Waals surface area contributed by atoms with Crippen LogP contribution < -0.4 is 5.73 Å². The Bertz CT molecular complexity index is 162. The van der Waals surface area contributed by atoms with Gasteiger partial charge < -0.3 is 10.8 Å². The van der Waals surface area contributed by atoms with Crippen molar-refractivity contribution in [3.8, 4) is 0 Å². The lowest BCUT2D eigenvalue weighted by Crippen LogP contribution is -2.31. The van der Waals surface area contributed by atoms with Gasteiger partial charge in [0.15, 0.2) is 0 Å². The summed E-state index contributed by atoms with van der Waals surface area (Å²) < 4.78 is 0. The highest BCUT2D eigenvalue weighted by Crippen LogP contribution is 2.36. The summed E-state index contributed by atoms with van der Waals surface area (Å²) in [6.45, 7) is 1.71. The molecule has 70 valence electrons. The van der Waals surface area contributed by atoms with Crippen LogP contribution in [0.15, 0.2) is 0 Å². The van der Waals surface area contributed by atoms with E-state index in [1.807, 2.05) is 6.92 Å². The van der Waals surface area contributed by atoms with Crippen molar-refractivity contribution in [3.05, 3.63) is 0 Å². The SMILES string of the molecule is CC1(C(N)=O)CCCC1.O=CO. The Kier molecular flexibility index (Phi) is 4.33. The van der Waals surface area contributed by atoms with E-state index in [0.717, 1.165) is 12.8 Å². The molecule has 0 aromatic carbocycles. The average Bonchev–Trinajstić information content (AvgIpc) is 2.39. The molecule has 4 heteroatoms. The Hall–Kier alpha value is -1.06. The van der Waals surface area contributed by atoms with E-state index in [4.69, 9.17) is 15.6 Å². The zero-order chi connectivity index (χ0) is 9.61. The molecule has 0 radical (unpaired) electrons. The highest BCUT2D eigenvalue weighted by atomic mass is 16.3. The van der Waals surface area contributed by atoms with Crippen LogP contribution in [0, 0.1) is 5.41 Å². The van der Waals surface area contributed by atoms with Crippen molar-refractivity contribution >= 4 is 12.4 Å². The number of carbonyl (C=O) groups is 2. The molecule has 0 bridgehead atoms. The van der Waals surface area contributed by atoms with Gasteiger partial charge in [-0.2, -0.15) is 0 Å². The van der Waals surface area contributed by atoms with E-state index in [2.05, 4.69) is 0 Å². The number of primary amides is 1. The van der Waals surface area contributed by atoms with E-state index < -0.39 is 0 Å². The van der Waals surface area contributed by atoms with Crippen molar-refractivity contribution in [2.24, 2.45) is 11.1 Å². The first-order valence-corrected chi connectivity index (χ1v) is 3.94. The van der Waals surface area contributed by atoms with E-state index in [1.54, 1.807) is 0 Å². The van der Waals surface area contributed by atoms with Crippen LogP contribution >= 0.6 is 0 Å². The summed E-state index contributed by atoms with van der Waals surface area (Å²) in [4.78, 5) is 19.1. The Morgan fingerprint density at radius 2 is 1.83 bits per heavy atom. The maximum Gasteiger partial charge on any atom is 0.290 e. The number of nitrogens with two attached hydrogens (primary N) is 1. The second-order valence-electron chi connectivity index (χ2n) is 3.24. The van der Waals surface area contributed by atoms with Crippen LogP contribution in [0.1, 0.15) is 32.6 Å². The fraction of sp³-hybridized carbons (Fsp3) is 0.750. The fourth-order valence-electron chi connectivity index (χ4n) is 1.40.